The number of ether oxygens (including phenoxy) is 1. The molecule has 1 fully saturated rings. The number of anilines is 1. The SMILES string of the molecule is CC(CO)NC(=O)C1CC=C(c2ccc(OCC3CCN(c4nc(C(C)C)no4)CC3)c(F)c2)CC1. The van der Waals surface area contributed by atoms with Crippen molar-refractivity contribution in [3.63, 3.8) is 0 Å². The lowest BCUT2D eigenvalue weighted by Crippen LogP contribution is -2.39. The molecular weight excluding hydrogens is 463 g/mol. The van der Waals surface area contributed by atoms with E-state index in [0.717, 1.165) is 42.9 Å². The summed E-state index contributed by atoms with van der Waals surface area (Å²) in [4.78, 5) is 18.9. The molecule has 2 aromatic rings. The highest BCUT2D eigenvalue weighted by Crippen LogP contribution is 2.33. The maximum atomic E-state index is 14.8. The van der Waals surface area contributed by atoms with Gasteiger partial charge in [-0.1, -0.05) is 31.1 Å². The maximum Gasteiger partial charge on any atom is 0.324 e. The van der Waals surface area contributed by atoms with Gasteiger partial charge < -0.3 is 24.6 Å². The molecule has 1 saturated heterocycles. The van der Waals surface area contributed by atoms with Gasteiger partial charge in [-0.15, -0.1) is 0 Å². The van der Waals surface area contributed by atoms with Crippen molar-refractivity contribution in [3.8, 4) is 5.75 Å². The summed E-state index contributed by atoms with van der Waals surface area (Å²) >= 11 is 0. The van der Waals surface area contributed by atoms with Gasteiger partial charge in [0.25, 0.3) is 0 Å². The number of nitrogens with zero attached hydrogens (tertiary/aromatic N) is 3. The van der Waals surface area contributed by atoms with Gasteiger partial charge >= 0.3 is 6.01 Å². The number of amides is 1. The summed E-state index contributed by atoms with van der Waals surface area (Å²) in [6.45, 7) is 7.85. The Labute approximate surface area is 211 Å². The number of carbonyl (C=O) groups is 1. The third-order valence-electron chi connectivity index (χ3n) is 7.05. The first-order valence-electron chi connectivity index (χ1n) is 13.0. The number of rotatable bonds is 9. The number of benzene rings is 1. The fourth-order valence-corrected chi connectivity index (χ4v) is 4.65. The third-order valence-corrected chi connectivity index (χ3v) is 7.05. The monoisotopic (exact) mass is 500 g/mol. The molecule has 36 heavy (non-hydrogen) atoms. The number of aromatic nitrogens is 2. The average molecular weight is 501 g/mol. The molecule has 4 rings (SSSR count). The Morgan fingerprint density at radius 1 is 1.28 bits per heavy atom. The molecule has 8 nitrogen and oxygen atoms in total. The summed E-state index contributed by atoms with van der Waals surface area (Å²) in [6.07, 6.45) is 5.88. The van der Waals surface area contributed by atoms with E-state index in [1.807, 2.05) is 26.0 Å². The first kappa shape index (κ1) is 26.1. The molecule has 9 heteroatoms. The minimum Gasteiger partial charge on any atom is -0.490 e. The number of halogens is 1. The Morgan fingerprint density at radius 2 is 2.06 bits per heavy atom. The van der Waals surface area contributed by atoms with Gasteiger partial charge in [0.05, 0.1) is 13.2 Å². The predicted octanol–water partition coefficient (Wildman–Crippen LogP) is 4.31. The molecule has 1 aromatic heterocycles. The predicted molar refractivity (Wildman–Crippen MR) is 135 cm³/mol. The molecule has 2 unspecified atom stereocenters. The largest absolute Gasteiger partial charge is 0.490 e. The van der Waals surface area contributed by atoms with Crippen LogP contribution in [0.25, 0.3) is 5.57 Å². The van der Waals surface area contributed by atoms with Crippen LogP contribution in [0.4, 0.5) is 10.4 Å². The first-order valence-corrected chi connectivity index (χ1v) is 13.0. The number of aliphatic hydroxyl groups excluding tert-OH is 1. The van der Waals surface area contributed by atoms with E-state index in [4.69, 9.17) is 14.4 Å². The number of aliphatic hydroxyl groups is 1. The van der Waals surface area contributed by atoms with Gasteiger partial charge in [-0.05, 0) is 68.2 Å². The molecule has 1 aliphatic heterocycles. The number of carbonyl (C=O) groups excluding carboxylic acids is 1. The van der Waals surface area contributed by atoms with E-state index in [2.05, 4.69) is 20.4 Å². The Balaban J connectivity index is 1.25. The minimum atomic E-state index is -0.366. The zero-order valence-corrected chi connectivity index (χ0v) is 21.4. The summed E-state index contributed by atoms with van der Waals surface area (Å²) in [6, 6.07) is 5.44. The second kappa shape index (κ2) is 11.9. The van der Waals surface area contributed by atoms with Crippen LogP contribution in [0.1, 0.15) is 70.2 Å². The van der Waals surface area contributed by atoms with Crippen LogP contribution in [0.15, 0.2) is 28.8 Å². The molecule has 0 spiro atoms. The number of nitrogens with one attached hydrogen (secondary N) is 1. The summed E-state index contributed by atoms with van der Waals surface area (Å²) in [5, 5.41) is 16.0. The lowest BCUT2D eigenvalue weighted by atomic mass is 9.86. The zero-order chi connectivity index (χ0) is 25.7. The smallest absolute Gasteiger partial charge is 0.324 e. The van der Waals surface area contributed by atoms with Crippen molar-refractivity contribution < 1.29 is 23.6 Å². The van der Waals surface area contributed by atoms with Crippen LogP contribution in [-0.4, -0.2) is 53.5 Å². The molecule has 0 radical (unpaired) electrons. The first-order chi connectivity index (χ1) is 17.3. The van der Waals surface area contributed by atoms with Crippen molar-refractivity contribution >= 4 is 17.5 Å². The van der Waals surface area contributed by atoms with Gasteiger partial charge in [0.15, 0.2) is 17.4 Å². The Bertz CT molecular complexity index is 1060. The lowest BCUT2D eigenvalue weighted by Gasteiger charge is -2.30. The van der Waals surface area contributed by atoms with Crippen LogP contribution in [0, 0.1) is 17.7 Å². The van der Waals surface area contributed by atoms with Crippen LogP contribution in [0.5, 0.6) is 5.75 Å². The van der Waals surface area contributed by atoms with Crippen LogP contribution >= 0.6 is 0 Å². The third kappa shape index (κ3) is 6.43. The fraction of sp³-hybridized carbons (Fsp3) is 0.593. The molecule has 1 aromatic carbocycles. The number of hydrogen-bond acceptors (Lipinski definition) is 7. The van der Waals surface area contributed by atoms with Gasteiger partial charge in [-0.2, -0.15) is 4.98 Å². The topological polar surface area (TPSA) is 101 Å². The quantitative estimate of drug-likeness (QED) is 0.529. The molecule has 1 amide bonds. The van der Waals surface area contributed by atoms with E-state index in [0.29, 0.717) is 37.8 Å². The minimum absolute atomic E-state index is 0.0370. The Kier molecular flexibility index (Phi) is 8.61. The van der Waals surface area contributed by atoms with E-state index >= 15 is 0 Å². The van der Waals surface area contributed by atoms with Gasteiger partial charge in [0.1, 0.15) is 0 Å². The molecule has 196 valence electrons. The lowest BCUT2D eigenvalue weighted by molar-refractivity contribution is -0.126. The average Bonchev–Trinajstić information content (AvgIpc) is 3.39. The molecule has 1 aliphatic carbocycles. The highest BCUT2D eigenvalue weighted by atomic mass is 19.1. The van der Waals surface area contributed by atoms with Crippen LogP contribution in [-0.2, 0) is 4.79 Å². The van der Waals surface area contributed by atoms with Crippen molar-refractivity contribution in [1.29, 1.82) is 0 Å². The summed E-state index contributed by atoms with van der Waals surface area (Å²) < 4.78 is 26.1. The second-order valence-electron chi connectivity index (χ2n) is 10.3. The highest BCUT2D eigenvalue weighted by molar-refractivity contribution is 5.80. The number of piperidine rings is 1. The van der Waals surface area contributed by atoms with Crippen molar-refractivity contribution in [2.45, 2.75) is 64.8 Å². The van der Waals surface area contributed by atoms with Crippen molar-refractivity contribution in [2.75, 3.05) is 31.2 Å². The van der Waals surface area contributed by atoms with Gasteiger partial charge in [-0.3, -0.25) is 4.79 Å². The molecule has 2 heterocycles. The number of hydrogen-bond donors (Lipinski definition) is 2. The maximum absolute atomic E-state index is 14.8. The Hall–Kier alpha value is -2.94. The standard InChI is InChI=1S/C27H37FN4O4/c1-17(2)25-30-27(36-31-25)32-12-10-19(11-13-32)16-35-24-9-8-22(14-23(24)28)20-4-6-21(7-5-20)26(34)29-18(3)15-33/h4,8-9,14,17-19,21,33H,5-7,10-13,15-16H2,1-3H3,(H,29,34). The van der Waals surface area contributed by atoms with Gasteiger partial charge in [0.2, 0.25) is 5.91 Å². The highest BCUT2D eigenvalue weighted by Gasteiger charge is 2.25. The van der Waals surface area contributed by atoms with Crippen molar-refractivity contribution in [1.82, 2.24) is 15.5 Å². The van der Waals surface area contributed by atoms with Crippen LogP contribution in [0.2, 0.25) is 0 Å². The van der Waals surface area contributed by atoms with Gasteiger partial charge in [-0.25, -0.2) is 4.39 Å². The normalized spacial score (nSPS) is 19.8. The fourth-order valence-electron chi connectivity index (χ4n) is 4.65. The molecule has 0 saturated carbocycles. The molecule has 2 N–H and O–H groups in total. The molecular formula is C27H37FN4O4. The van der Waals surface area contributed by atoms with Crippen molar-refractivity contribution in [3.05, 3.63) is 41.5 Å². The number of allylic oxidation sites excluding steroid dienone is 2. The summed E-state index contributed by atoms with van der Waals surface area (Å²) in [5.41, 5.74) is 1.88. The molecule has 0 bridgehead atoms. The Morgan fingerprint density at radius 3 is 2.67 bits per heavy atom. The van der Waals surface area contributed by atoms with E-state index in [-0.39, 0.29) is 42.0 Å². The van der Waals surface area contributed by atoms with E-state index < -0.39 is 0 Å². The summed E-state index contributed by atoms with van der Waals surface area (Å²) in [7, 11) is 0. The second-order valence-corrected chi connectivity index (χ2v) is 10.3. The van der Waals surface area contributed by atoms with E-state index in [9.17, 15) is 9.18 Å². The van der Waals surface area contributed by atoms with E-state index in [1.54, 1.807) is 13.0 Å². The summed E-state index contributed by atoms with van der Waals surface area (Å²) in [5.74, 6) is 1.04. The van der Waals surface area contributed by atoms with Crippen LogP contribution in [0.3, 0.4) is 0 Å². The van der Waals surface area contributed by atoms with Crippen molar-refractivity contribution in [2.24, 2.45) is 11.8 Å². The zero-order valence-electron chi connectivity index (χ0n) is 21.4. The van der Waals surface area contributed by atoms with Gasteiger partial charge in [0, 0.05) is 31.0 Å². The molecule has 2 aliphatic rings. The van der Waals surface area contributed by atoms with E-state index in [1.165, 1.54) is 6.07 Å². The molecule has 2 atom stereocenters. The van der Waals surface area contributed by atoms with Crippen LogP contribution < -0.4 is 15.0 Å².